The van der Waals surface area contributed by atoms with Gasteiger partial charge in [-0.2, -0.15) is 0 Å². The van der Waals surface area contributed by atoms with E-state index in [0.717, 1.165) is 5.56 Å². The lowest BCUT2D eigenvalue weighted by molar-refractivity contribution is -0.124. The van der Waals surface area contributed by atoms with Gasteiger partial charge in [0.2, 0.25) is 12.7 Å². The van der Waals surface area contributed by atoms with Gasteiger partial charge in [-0.25, -0.2) is 0 Å². The fourth-order valence-electron chi connectivity index (χ4n) is 2.25. The van der Waals surface area contributed by atoms with E-state index in [1.807, 2.05) is 18.9 Å². The molecule has 2 N–H and O–H groups in total. The average molecular weight is 280 g/mol. The van der Waals surface area contributed by atoms with E-state index in [1.165, 1.54) is 0 Å². The van der Waals surface area contributed by atoms with E-state index in [1.54, 1.807) is 19.2 Å². The lowest BCUT2D eigenvalue weighted by Crippen LogP contribution is -2.34. The van der Waals surface area contributed by atoms with E-state index in [-0.39, 0.29) is 24.4 Å². The monoisotopic (exact) mass is 280 g/mol. The highest BCUT2D eigenvalue weighted by atomic mass is 16.7. The van der Waals surface area contributed by atoms with Crippen LogP contribution in [0.2, 0.25) is 0 Å². The summed E-state index contributed by atoms with van der Waals surface area (Å²) in [6.07, 6.45) is 0. The van der Waals surface area contributed by atoms with Crippen molar-refractivity contribution in [3.63, 3.8) is 0 Å². The Morgan fingerprint density at radius 2 is 2.10 bits per heavy atom. The first-order chi connectivity index (χ1) is 9.51. The molecule has 0 aromatic heterocycles. The minimum atomic E-state index is -0.110. The molecule has 0 fully saturated rings. The molecule has 1 heterocycles. The summed E-state index contributed by atoms with van der Waals surface area (Å²) >= 11 is 0. The number of aromatic hydroxyl groups is 1. The van der Waals surface area contributed by atoms with Crippen LogP contribution >= 0.6 is 0 Å². The van der Waals surface area contributed by atoms with Gasteiger partial charge in [0.25, 0.3) is 0 Å². The number of fused-ring (bicyclic) bond motifs is 1. The van der Waals surface area contributed by atoms with Crippen molar-refractivity contribution in [3.8, 4) is 17.2 Å². The summed E-state index contributed by atoms with van der Waals surface area (Å²) in [6.45, 7) is 3.19. The number of hydrogen-bond donors (Lipinski definition) is 2. The third-order valence-corrected chi connectivity index (χ3v) is 3.29. The third-order valence-electron chi connectivity index (χ3n) is 3.29. The van der Waals surface area contributed by atoms with Crippen LogP contribution < -0.4 is 14.8 Å². The molecule has 2 rings (SSSR count). The molecule has 6 nitrogen and oxygen atoms in total. The topological polar surface area (TPSA) is 71.0 Å². The summed E-state index contributed by atoms with van der Waals surface area (Å²) in [5.41, 5.74) is 0.751. The lowest BCUT2D eigenvalue weighted by atomic mass is 10.1. The molecule has 1 unspecified atom stereocenters. The van der Waals surface area contributed by atoms with Crippen molar-refractivity contribution in [2.75, 3.05) is 27.4 Å². The Hall–Kier alpha value is -1.95. The minimum Gasteiger partial charge on any atom is -0.507 e. The molecule has 1 atom stereocenters. The van der Waals surface area contributed by atoms with Gasteiger partial charge in [0, 0.05) is 37.7 Å². The highest BCUT2D eigenvalue weighted by Crippen LogP contribution is 2.37. The van der Waals surface area contributed by atoms with E-state index in [9.17, 15) is 9.90 Å². The molecule has 1 aliphatic rings. The van der Waals surface area contributed by atoms with Crippen molar-refractivity contribution in [1.29, 1.82) is 0 Å². The van der Waals surface area contributed by atoms with Crippen LogP contribution in [0.5, 0.6) is 17.2 Å². The SMILES string of the molecule is CNC(=O)C(C)CN(C)Cc1cc2c(cc1O)OCO2. The van der Waals surface area contributed by atoms with E-state index >= 15 is 0 Å². The first kappa shape index (κ1) is 14.5. The van der Waals surface area contributed by atoms with Gasteiger partial charge in [0.05, 0.1) is 0 Å². The Kier molecular flexibility index (Phi) is 4.34. The highest BCUT2D eigenvalue weighted by molar-refractivity contribution is 5.78. The normalized spacial score (nSPS) is 14.4. The molecule has 0 saturated carbocycles. The van der Waals surface area contributed by atoms with Crippen molar-refractivity contribution in [1.82, 2.24) is 10.2 Å². The summed E-state index contributed by atoms with van der Waals surface area (Å²) < 4.78 is 10.5. The fourth-order valence-corrected chi connectivity index (χ4v) is 2.25. The second-order valence-corrected chi connectivity index (χ2v) is 5.05. The molecule has 0 aliphatic carbocycles. The maximum Gasteiger partial charge on any atom is 0.231 e. The first-order valence-electron chi connectivity index (χ1n) is 6.53. The van der Waals surface area contributed by atoms with Gasteiger partial charge in [-0.15, -0.1) is 0 Å². The van der Waals surface area contributed by atoms with E-state index < -0.39 is 0 Å². The summed E-state index contributed by atoms with van der Waals surface area (Å²) in [5, 5.41) is 12.6. The first-order valence-corrected chi connectivity index (χ1v) is 6.53. The average Bonchev–Trinajstić information content (AvgIpc) is 2.84. The summed E-state index contributed by atoms with van der Waals surface area (Å²) in [4.78, 5) is 13.5. The molecule has 1 aliphatic heterocycles. The second kappa shape index (κ2) is 6.00. The lowest BCUT2D eigenvalue weighted by Gasteiger charge is -2.21. The standard InChI is InChI=1S/C14H20N2O4/c1-9(14(18)15-2)6-16(3)7-10-4-12-13(5-11(10)17)20-8-19-12/h4-5,9,17H,6-8H2,1-3H3,(H,15,18). The fraction of sp³-hybridized carbons (Fsp3) is 0.500. The molecule has 0 radical (unpaired) electrons. The van der Waals surface area contributed by atoms with Crippen LogP contribution in [0, 0.1) is 5.92 Å². The zero-order valence-electron chi connectivity index (χ0n) is 12.0. The number of carbonyl (C=O) groups excluding carboxylic acids is 1. The number of rotatable bonds is 5. The molecule has 0 saturated heterocycles. The van der Waals surface area contributed by atoms with Crippen molar-refractivity contribution < 1.29 is 19.4 Å². The third kappa shape index (κ3) is 3.14. The zero-order chi connectivity index (χ0) is 14.7. The molecule has 1 aromatic carbocycles. The van der Waals surface area contributed by atoms with E-state index in [0.29, 0.717) is 24.6 Å². The van der Waals surface area contributed by atoms with Crippen LogP contribution in [0.4, 0.5) is 0 Å². The molecular formula is C14H20N2O4. The molecule has 1 aromatic rings. The Bertz CT molecular complexity index is 504. The van der Waals surface area contributed by atoms with Gasteiger partial charge >= 0.3 is 0 Å². The van der Waals surface area contributed by atoms with Crippen molar-refractivity contribution >= 4 is 5.91 Å². The Morgan fingerprint density at radius 3 is 2.75 bits per heavy atom. The number of phenols is 1. The number of amides is 1. The van der Waals surface area contributed by atoms with Crippen LogP contribution in [0.1, 0.15) is 12.5 Å². The molecule has 1 amide bonds. The Morgan fingerprint density at radius 1 is 1.45 bits per heavy atom. The largest absolute Gasteiger partial charge is 0.507 e. The van der Waals surface area contributed by atoms with E-state index in [2.05, 4.69) is 5.32 Å². The van der Waals surface area contributed by atoms with Gasteiger partial charge in [0.1, 0.15) is 5.75 Å². The van der Waals surface area contributed by atoms with Crippen molar-refractivity contribution in [2.24, 2.45) is 5.92 Å². The highest BCUT2D eigenvalue weighted by Gasteiger charge is 2.19. The van der Waals surface area contributed by atoms with Crippen LogP contribution in [0.25, 0.3) is 0 Å². The van der Waals surface area contributed by atoms with Crippen LogP contribution in [-0.4, -0.2) is 43.3 Å². The van der Waals surface area contributed by atoms with Gasteiger partial charge in [0.15, 0.2) is 11.5 Å². The molecule has 0 spiro atoms. The molecule has 20 heavy (non-hydrogen) atoms. The minimum absolute atomic E-state index is 0.00626. The number of benzene rings is 1. The number of nitrogens with one attached hydrogen (secondary N) is 1. The summed E-state index contributed by atoms with van der Waals surface area (Å²) in [5.74, 6) is 1.28. The predicted molar refractivity (Wildman–Crippen MR) is 73.8 cm³/mol. The van der Waals surface area contributed by atoms with Gasteiger partial charge in [-0.3, -0.25) is 4.79 Å². The second-order valence-electron chi connectivity index (χ2n) is 5.05. The molecule has 6 heteroatoms. The van der Waals surface area contributed by atoms with Crippen molar-refractivity contribution in [2.45, 2.75) is 13.5 Å². The van der Waals surface area contributed by atoms with E-state index in [4.69, 9.17) is 9.47 Å². The number of hydrogen-bond acceptors (Lipinski definition) is 5. The summed E-state index contributed by atoms with van der Waals surface area (Å²) in [6, 6.07) is 3.34. The van der Waals surface area contributed by atoms with Gasteiger partial charge in [-0.1, -0.05) is 6.92 Å². The number of nitrogens with zero attached hydrogens (tertiary/aromatic N) is 1. The van der Waals surface area contributed by atoms with Crippen LogP contribution in [0.15, 0.2) is 12.1 Å². The number of ether oxygens (including phenoxy) is 2. The van der Waals surface area contributed by atoms with Gasteiger partial charge < -0.3 is 24.8 Å². The zero-order valence-corrected chi connectivity index (χ0v) is 12.0. The molecule has 0 bridgehead atoms. The van der Waals surface area contributed by atoms with Crippen LogP contribution in [-0.2, 0) is 11.3 Å². The Balaban J connectivity index is 2.01. The maximum absolute atomic E-state index is 11.5. The van der Waals surface area contributed by atoms with Crippen LogP contribution in [0.3, 0.4) is 0 Å². The quantitative estimate of drug-likeness (QED) is 0.840. The molecule has 110 valence electrons. The van der Waals surface area contributed by atoms with Gasteiger partial charge in [-0.05, 0) is 13.1 Å². The number of carbonyl (C=O) groups is 1. The summed E-state index contributed by atoms with van der Waals surface area (Å²) in [7, 11) is 3.53. The predicted octanol–water partition coefficient (Wildman–Crippen LogP) is 0.935. The maximum atomic E-state index is 11.5. The Labute approximate surface area is 118 Å². The number of phenolic OH excluding ortho intramolecular Hbond substituents is 1. The smallest absolute Gasteiger partial charge is 0.231 e. The van der Waals surface area contributed by atoms with Crippen molar-refractivity contribution in [3.05, 3.63) is 17.7 Å². The molecular weight excluding hydrogens is 260 g/mol.